The summed E-state index contributed by atoms with van der Waals surface area (Å²) in [6.07, 6.45) is 3.35. The van der Waals surface area contributed by atoms with Gasteiger partial charge in [0.2, 0.25) is 0 Å². The molecule has 0 bridgehead atoms. The molecule has 1 N–H and O–H groups in total. The highest BCUT2D eigenvalue weighted by molar-refractivity contribution is 5.68. The van der Waals surface area contributed by atoms with Crippen LogP contribution in [0.4, 0.5) is 9.18 Å². The van der Waals surface area contributed by atoms with Gasteiger partial charge < -0.3 is 15.0 Å². The fourth-order valence-corrected chi connectivity index (χ4v) is 2.97. The van der Waals surface area contributed by atoms with Crippen molar-refractivity contribution in [2.45, 2.75) is 58.1 Å². The molecule has 1 heterocycles. The number of nitrogens with one attached hydrogen (secondary N) is 1. The Morgan fingerprint density at radius 3 is 2.46 bits per heavy atom. The van der Waals surface area contributed by atoms with Crippen LogP contribution in [0.3, 0.4) is 0 Å². The second-order valence-corrected chi connectivity index (χ2v) is 7.38. The SMILES string of the molecule is CC(C)(C)OC(=O)N(CCCc1ccc(F)cc1)C1CCNCC1. The molecular formula is C19H29FN2O2. The van der Waals surface area contributed by atoms with E-state index in [1.165, 1.54) is 12.1 Å². The summed E-state index contributed by atoms with van der Waals surface area (Å²) < 4.78 is 18.6. The predicted octanol–water partition coefficient (Wildman–Crippen LogP) is 3.75. The first kappa shape index (κ1) is 18.7. The van der Waals surface area contributed by atoms with Crippen molar-refractivity contribution in [2.75, 3.05) is 19.6 Å². The number of nitrogens with zero attached hydrogens (tertiary/aromatic N) is 1. The minimum atomic E-state index is -0.487. The lowest BCUT2D eigenvalue weighted by Gasteiger charge is -2.36. The smallest absolute Gasteiger partial charge is 0.410 e. The lowest BCUT2D eigenvalue weighted by molar-refractivity contribution is 0.0127. The van der Waals surface area contributed by atoms with E-state index in [4.69, 9.17) is 4.74 Å². The average Bonchev–Trinajstić information content (AvgIpc) is 2.52. The highest BCUT2D eigenvalue weighted by Crippen LogP contribution is 2.18. The summed E-state index contributed by atoms with van der Waals surface area (Å²) in [5.74, 6) is -0.219. The van der Waals surface area contributed by atoms with Crippen LogP contribution in [0.5, 0.6) is 0 Å². The van der Waals surface area contributed by atoms with Crippen molar-refractivity contribution in [1.29, 1.82) is 0 Å². The van der Waals surface area contributed by atoms with Crippen molar-refractivity contribution in [3.63, 3.8) is 0 Å². The zero-order valence-corrected chi connectivity index (χ0v) is 15.0. The number of rotatable bonds is 5. The van der Waals surface area contributed by atoms with Crippen molar-refractivity contribution in [1.82, 2.24) is 10.2 Å². The second kappa shape index (κ2) is 8.47. The molecule has 1 saturated heterocycles. The Balaban J connectivity index is 1.94. The summed E-state index contributed by atoms with van der Waals surface area (Å²) >= 11 is 0. The van der Waals surface area contributed by atoms with E-state index >= 15 is 0 Å². The van der Waals surface area contributed by atoms with E-state index in [-0.39, 0.29) is 18.0 Å². The minimum Gasteiger partial charge on any atom is -0.444 e. The number of piperidine rings is 1. The number of amides is 1. The van der Waals surface area contributed by atoms with E-state index in [1.54, 1.807) is 12.1 Å². The first-order valence-corrected chi connectivity index (χ1v) is 8.80. The third-order valence-corrected chi connectivity index (χ3v) is 4.16. The third kappa shape index (κ3) is 6.11. The molecule has 0 aliphatic carbocycles. The molecule has 1 aromatic rings. The molecule has 5 heteroatoms. The number of ether oxygens (including phenoxy) is 1. The van der Waals surface area contributed by atoms with Gasteiger partial charge in [-0.2, -0.15) is 0 Å². The van der Waals surface area contributed by atoms with Crippen LogP contribution >= 0.6 is 0 Å². The van der Waals surface area contributed by atoms with Crippen LogP contribution in [-0.2, 0) is 11.2 Å². The van der Waals surface area contributed by atoms with Gasteiger partial charge in [-0.25, -0.2) is 9.18 Å². The van der Waals surface area contributed by atoms with Gasteiger partial charge in [-0.3, -0.25) is 0 Å². The van der Waals surface area contributed by atoms with Crippen LogP contribution in [-0.4, -0.2) is 42.3 Å². The van der Waals surface area contributed by atoms with E-state index in [0.29, 0.717) is 6.54 Å². The zero-order valence-electron chi connectivity index (χ0n) is 15.0. The second-order valence-electron chi connectivity index (χ2n) is 7.38. The molecule has 0 atom stereocenters. The van der Waals surface area contributed by atoms with Crippen LogP contribution in [0, 0.1) is 5.82 Å². The summed E-state index contributed by atoms with van der Waals surface area (Å²) in [6.45, 7) is 8.21. The summed E-state index contributed by atoms with van der Waals surface area (Å²) in [4.78, 5) is 14.5. The standard InChI is InChI=1S/C19H29FN2O2/c1-19(2,3)24-18(23)22(17-10-12-21-13-11-17)14-4-5-15-6-8-16(20)9-7-15/h6-9,17,21H,4-5,10-14H2,1-3H3. The molecule has 4 nitrogen and oxygen atoms in total. The number of benzene rings is 1. The molecule has 0 radical (unpaired) electrons. The number of carbonyl (C=O) groups is 1. The number of aryl methyl sites for hydroxylation is 1. The van der Waals surface area contributed by atoms with Crippen LogP contribution in [0.15, 0.2) is 24.3 Å². The molecule has 0 aromatic heterocycles. The first-order chi connectivity index (χ1) is 11.3. The fraction of sp³-hybridized carbons (Fsp3) is 0.632. The first-order valence-electron chi connectivity index (χ1n) is 8.80. The molecular weight excluding hydrogens is 307 g/mol. The topological polar surface area (TPSA) is 41.6 Å². The van der Waals surface area contributed by atoms with Crippen molar-refractivity contribution >= 4 is 6.09 Å². The maximum absolute atomic E-state index is 13.0. The normalized spacial score (nSPS) is 16.0. The zero-order chi connectivity index (χ0) is 17.6. The quantitative estimate of drug-likeness (QED) is 0.890. The Kier molecular flexibility index (Phi) is 6.60. The number of hydrogen-bond donors (Lipinski definition) is 1. The molecule has 1 aliphatic heterocycles. The molecule has 1 aliphatic rings. The van der Waals surface area contributed by atoms with Crippen molar-refractivity contribution in [3.05, 3.63) is 35.6 Å². The van der Waals surface area contributed by atoms with Gasteiger partial charge in [-0.1, -0.05) is 12.1 Å². The molecule has 1 amide bonds. The molecule has 0 spiro atoms. The molecule has 2 rings (SSSR count). The van der Waals surface area contributed by atoms with Gasteiger partial charge in [0.05, 0.1) is 0 Å². The Morgan fingerprint density at radius 2 is 1.88 bits per heavy atom. The maximum Gasteiger partial charge on any atom is 0.410 e. The van der Waals surface area contributed by atoms with Crippen molar-refractivity contribution in [3.8, 4) is 0 Å². The highest BCUT2D eigenvalue weighted by atomic mass is 19.1. The highest BCUT2D eigenvalue weighted by Gasteiger charge is 2.28. The molecule has 1 aromatic carbocycles. The number of carbonyl (C=O) groups excluding carboxylic acids is 1. The largest absolute Gasteiger partial charge is 0.444 e. The Morgan fingerprint density at radius 1 is 1.25 bits per heavy atom. The lowest BCUT2D eigenvalue weighted by Crippen LogP contribution is -2.48. The minimum absolute atomic E-state index is 0.219. The number of hydrogen-bond acceptors (Lipinski definition) is 3. The van der Waals surface area contributed by atoms with Crippen LogP contribution < -0.4 is 5.32 Å². The molecule has 24 heavy (non-hydrogen) atoms. The van der Waals surface area contributed by atoms with Gasteiger partial charge >= 0.3 is 6.09 Å². The Bertz CT molecular complexity index is 519. The van der Waals surface area contributed by atoms with E-state index in [9.17, 15) is 9.18 Å². The Labute approximate surface area is 144 Å². The van der Waals surface area contributed by atoms with Crippen molar-refractivity contribution < 1.29 is 13.9 Å². The van der Waals surface area contributed by atoms with Gasteiger partial charge in [-0.05, 0) is 77.2 Å². The van der Waals surface area contributed by atoms with Crippen LogP contribution in [0.1, 0.15) is 45.6 Å². The predicted molar refractivity (Wildman–Crippen MR) is 93.6 cm³/mol. The Hall–Kier alpha value is -1.62. The third-order valence-electron chi connectivity index (χ3n) is 4.16. The lowest BCUT2D eigenvalue weighted by atomic mass is 10.0. The van der Waals surface area contributed by atoms with E-state index in [2.05, 4.69) is 5.32 Å². The molecule has 134 valence electrons. The van der Waals surface area contributed by atoms with E-state index < -0.39 is 5.60 Å². The molecule has 0 saturated carbocycles. The van der Waals surface area contributed by atoms with Gasteiger partial charge in [0.1, 0.15) is 11.4 Å². The summed E-state index contributed by atoms with van der Waals surface area (Å²) in [5.41, 5.74) is 0.602. The molecule has 1 fully saturated rings. The molecule has 0 unspecified atom stereocenters. The number of halogens is 1. The summed E-state index contributed by atoms with van der Waals surface area (Å²) in [6, 6.07) is 6.80. The van der Waals surface area contributed by atoms with Gasteiger partial charge in [-0.15, -0.1) is 0 Å². The van der Waals surface area contributed by atoms with E-state index in [1.807, 2.05) is 25.7 Å². The van der Waals surface area contributed by atoms with Gasteiger partial charge in [0.25, 0.3) is 0 Å². The summed E-state index contributed by atoms with van der Waals surface area (Å²) in [7, 11) is 0. The van der Waals surface area contributed by atoms with E-state index in [0.717, 1.165) is 44.3 Å². The average molecular weight is 336 g/mol. The van der Waals surface area contributed by atoms with Crippen LogP contribution in [0.2, 0.25) is 0 Å². The van der Waals surface area contributed by atoms with Gasteiger partial charge in [0.15, 0.2) is 0 Å². The monoisotopic (exact) mass is 336 g/mol. The maximum atomic E-state index is 13.0. The van der Waals surface area contributed by atoms with Crippen LogP contribution in [0.25, 0.3) is 0 Å². The fourth-order valence-electron chi connectivity index (χ4n) is 2.97. The van der Waals surface area contributed by atoms with Gasteiger partial charge in [0, 0.05) is 12.6 Å². The van der Waals surface area contributed by atoms with Crippen molar-refractivity contribution in [2.24, 2.45) is 0 Å². The summed E-state index contributed by atoms with van der Waals surface area (Å²) in [5, 5.41) is 3.33.